The van der Waals surface area contributed by atoms with Gasteiger partial charge in [0.25, 0.3) is 0 Å². The first-order valence-corrected chi connectivity index (χ1v) is 8.23. The van der Waals surface area contributed by atoms with Crippen molar-refractivity contribution in [2.45, 2.75) is 34.3 Å². The zero-order valence-corrected chi connectivity index (χ0v) is 14.4. The second-order valence-corrected chi connectivity index (χ2v) is 6.43. The summed E-state index contributed by atoms with van der Waals surface area (Å²) in [5, 5.41) is 9.70. The molecule has 0 aromatic heterocycles. The van der Waals surface area contributed by atoms with Crippen LogP contribution in [0.4, 0.5) is 0 Å². The molecule has 1 atom stereocenters. The molecule has 0 aliphatic heterocycles. The first-order chi connectivity index (χ1) is 11.1. The number of benzene rings is 2. The molecule has 0 saturated heterocycles. The Labute approximate surface area is 139 Å². The summed E-state index contributed by atoms with van der Waals surface area (Å²) in [5.74, 6) is 0.442. The highest BCUT2D eigenvalue weighted by atomic mass is 16.3. The maximum Gasteiger partial charge on any atom is 0.0687 e. The molecule has 1 N–H and O–H groups in total. The lowest BCUT2D eigenvalue weighted by Crippen LogP contribution is -2.00. The van der Waals surface area contributed by atoms with Gasteiger partial charge in [0, 0.05) is 5.92 Å². The highest BCUT2D eigenvalue weighted by molar-refractivity contribution is 5.88. The van der Waals surface area contributed by atoms with Crippen LogP contribution in [-0.2, 0) is 6.61 Å². The molecule has 3 rings (SSSR count). The second kappa shape index (κ2) is 6.17. The number of hydrogen-bond donors (Lipinski definition) is 1. The first kappa shape index (κ1) is 15.8. The molecule has 2 aromatic carbocycles. The van der Waals surface area contributed by atoms with Crippen molar-refractivity contribution in [1.82, 2.24) is 0 Å². The number of aliphatic hydroxyl groups is 1. The molecule has 0 amide bonds. The van der Waals surface area contributed by atoms with Gasteiger partial charge >= 0.3 is 0 Å². The first-order valence-electron chi connectivity index (χ1n) is 8.23. The molecule has 0 fully saturated rings. The number of aliphatic hydroxyl groups excluding tert-OH is 1. The van der Waals surface area contributed by atoms with Crippen LogP contribution in [0.1, 0.15) is 38.8 Å². The van der Waals surface area contributed by atoms with Gasteiger partial charge in [0.2, 0.25) is 0 Å². The Bertz CT molecular complexity index is 808. The largest absolute Gasteiger partial charge is 0.392 e. The van der Waals surface area contributed by atoms with Crippen LogP contribution in [0.3, 0.4) is 0 Å². The fraction of sp³-hybridized carbons (Fsp3) is 0.273. The van der Waals surface area contributed by atoms with E-state index in [2.05, 4.69) is 58.0 Å². The number of rotatable bonds is 3. The zero-order valence-electron chi connectivity index (χ0n) is 14.4. The molecule has 0 saturated carbocycles. The van der Waals surface area contributed by atoms with Crippen molar-refractivity contribution in [2.24, 2.45) is 5.92 Å². The van der Waals surface area contributed by atoms with Crippen LogP contribution in [0.15, 0.2) is 65.3 Å². The van der Waals surface area contributed by atoms with E-state index >= 15 is 0 Å². The van der Waals surface area contributed by atoms with Gasteiger partial charge in [-0.3, -0.25) is 0 Å². The third-order valence-corrected chi connectivity index (χ3v) is 5.34. The van der Waals surface area contributed by atoms with Crippen molar-refractivity contribution in [3.05, 3.63) is 76.4 Å². The minimum Gasteiger partial charge on any atom is -0.392 e. The summed E-state index contributed by atoms with van der Waals surface area (Å²) in [7, 11) is 0. The van der Waals surface area contributed by atoms with Crippen LogP contribution in [0.2, 0.25) is 0 Å². The monoisotopic (exact) mass is 304 g/mol. The lowest BCUT2D eigenvalue weighted by atomic mass is 9.85. The van der Waals surface area contributed by atoms with E-state index in [4.69, 9.17) is 0 Å². The smallest absolute Gasteiger partial charge is 0.0687 e. The van der Waals surface area contributed by atoms with Crippen molar-refractivity contribution in [1.29, 1.82) is 0 Å². The molecule has 0 heterocycles. The van der Waals surface area contributed by atoms with Gasteiger partial charge in [0.05, 0.1) is 6.61 Å². The van der Waals surface area contributed by atoms with Gasteiger partial charge in [-0.1, -0.05) is 61.0 Å². The van der Waals surface area contributed by atoms with Crippen LogP contribution >= 0.6 is 0 Å². The molecule has 23 heavy (non-hydrogen) atoms. The average Bonchev–Trinajstić information content (AvgIpc) is 2.78. The number of allylic oxidation sites excluding steroid dienone is 4. The van der Waals surface area contributed by atoms with E-state index in [1.807, 2.05) is 18.2 Å². The molecule has 1 aliphatic carbocycles. The Morgan fingerprint density at radius 3 is 1.91 bits per heavy atom. The minimum atomic E-state index is 0.0639. The Hall–Kier alpha value is -2.12. The Balaban J connectivity index is 2.22. The lowest BCUT2D eigenvalue weighted by molar-refractivity contribution is 0.282. The van der Waals surface area contributed by atoms with E-state index in [0.717, 1.165) is 11.1 Å². The van der Waals surface area contributed by atoms with Gasteiger partial charge in [0.15, 0.2) is 0 Å². The molecule has 1 nitrogen and oxygen atoms in total. The third kappa shape index (κ3) is 2.55. The number of hydrogen-bond acceptors (Lipinski definition) is 1. The molecular formula is C22H24O. The normalized spacial score (nSPS) is 18.0. The van der Waals surface area contributed by atoms with E-state index in [0.29, 0.717) is 5.92 Å². The van der Waals surface area contributed by atoms with Gasteiger partial charge in [-0.15, -0.1) is 0 Å². The molecule has 118 valence electrons. The highest BCUT2D eigenvalue weighted by Crippen LogP contribution is 2.45. The zero-order chi connectivity index (χ0) is 16.6. The summed E-state index contributed by atoms with van der Waals surface area (Å²) >= 11 is 0. The summed E-state index contributed by atoms with van der Waals surface area (Å²) in [4.78, 5) is 0. The van der Waals surface area contributed by atoms with Crippen LogP contribution in [-0.4, -0.2) is 5.11 Å². The van der Waals surface area contributed by atoms with E-state index in [1.165, 1.54) is 33.4 Å². The molecule has 1 aliphatic rings. The third-order valence-electron chi connectivity index (χ3n) is 5.34. The summed E-state index contributed by atoms with van der Waals surface area (Å²) in [6.07, 6.45) is 0. The molecular weight excluding hydrogens is 280 g/mol. The summed E-state index contributed by atoms with van der Waals surface area (Å²) in [5.41, 5.74) is 10.3. The topological polar surface area (TPSA) is 20.2 Å². The minimum absolute atomic E-state index is 0.0639. The Morgan fingerprint density at radius 2 is 1.35 bits per heavy atom. The molecule has 0 spiro atoms. The molecule has 0 radical (unpaired) electrons. The van der Waals surface area contributed by atoms with Crippen molar-refractivity contribution < 1.29 is 5.11 Å². The van der Waals surface area contributed by atoms with E-state index in [1.54, 1.807) is 0 Å². The fourth-order valence-electron chi connectivity index (χ4n) is 3.67. The Morgan fingerprint density at radius 1 is 0.783 bits per heavy atom. The quantitative estimate of drug-likeness (QED) is 0.782. The summed E-state index contributed by atoms with van der Waals surface area (Å²) < 4.78 is 0. The van der Waals surface area contributed by atoms with Crippen molar-refractivity contribution in [2.75, 3.05) is 0 Å². The maximum atomic E-state index is 9.70. The predicted octanol–water partition coefficient (Wildman–Crippen LogP) is 5.61. The van der Waals surface area contributed by atoms with E-state index < -0.39 is 0 Å². The summed E-state index contributed by atoms with van der Waals surface area (Å²) in [6, 6.07) is 16.7. The van der Waals surface area contributed by atoms with E-state index in [9.17, 15) is 5.11 Å². The average molecular weight is 304 g/mol. The van der Waals surface area contributed by atoms with Gasteiger partial charge in [-0.25, -0.2) is 0 Å². The van der Waals surface area contributed by atoms with Gasteiger partial charge in [0.1, 0.15) is 0 Å². The standard InChI is InChI=1S/C22H24O/c1-14-15(2)17(4)22(16(14)3)21-12-8-7-11-20(21)19-10-6-5-9-18(19)13-23/h5-12,16,23H,13H2,1-4H3. The Kier molecular flexibility index (Phi) is 4.23. The fourth-order valence-corrected chi connectivity index (χ4v) is 3.67. The highest BCUT2D eigenvalue weighted by Gasteiger charge is 2.26. The second-order valence-electron chi connectivity index (χ2n) is 6.43. The van der Waals surface area contributed by atoms with Gasteiger partial charge in [-0.05, 0) is 59.7 Å². The molecule has 1 unspecified atom stereocenters. The van der Waals surface area contributed by atoms with Gasteiger partial charge < -0.3 is 5.11 Å². The molecule has 2 aromatic rings. The predicted molar refractivity (Wildman–Crippen MR) is 97.9 cm³/mol. The molecule has 0 bridgehead atoms. The van der Waals surface area contributed by atoms with Crippen molar-refractivity contribution in [3.8, 4) is 11.1 Å². The maximum absolute atomic E-state index is 9.70. The SMILES string of the molecule is CC1=C(C)C(C)C(c2ccccc2-c2ccccc2CO)=C1C. The molecule has 1 heteroatoms. The van der Waals surface area contributed by atoms with Gasteiger partial charge in [-0.2, -0.15) is 0 Å². The van der Waals surface area contributed by atoms with Crippen LogP contribution in [0.25, 0.3) is 16.7 Å². The lowest BCUT2D eigenvalue weighted by Gasteiger charge is -2.18. The summed E-state index contributed by atoms with van der Waals surface area (Å²) in [6.45, 7) is 9.04. The van der Waals surface area contributed by atoms with Crippen LogP contribution < -0.4 is 0 Å². The van der Waals surface area contributed by atoms with Crippen LogP contribution in [0, 0.1) is 5.92 Å². The van der Waals surface area contributed by atoms with Crippen molar-refractivity contribution >= 4 is 5.57 Å². The van der Waals surface area contributed by atoms with Crippen molar-refractivity contribution in [3.63, 3.8) is 0 Å². The van der Waals surface area contributed by atoms with Crippen LogP contribution in [0.5, 0.6) is 0 Å². The van der Waals surface area contributed by atoms with E-state index in [-0.39, 0.29) is 6.61 Å².